The number of nitrogens with zero attached hydrogens (tertiary/aromatic N) is 3. The Labute approximate surface area is 216 Å². The summed E-state index contributed by atoms with van der Waals surface area (Å²) in [6, 6.07) is 16.5. The van der Waals surface area contributed by atoms with Crippen molar-refractivity contribution >= 4 is 40.6 Å². The van der Waals surface area contributed by atoms with Crippen molar-refractivity contribution in [2.24, 2.45) is 0 Å². The van der Waals surface area contributed by atoms with E-state index in [-0.39, 0.29) is 24.1 Å². The Kier molecular flexibility index (Phi) is 8.24. The number of carbonyl (C=O) groups excluding carboxylic acids is 2. The summed E-state index contributed by atoms with van der Waals surface area (Å²) in [5.41, 5.74) is 2.41. The number of thiophene rings is 1. The van der Waals surface area contributed by atoms with Gasteiger partial charge in [0, 0.05) is 11.8 Å². The molecule has 4 aromatic rings. The summed E-state index contributed by atoms with van der Waals surface area (Å²) in [7, 11) is 3.14. The molecule has 0 radical (unpaired) electrons. The van der Waals surface area contributed by atoms with Gasteiger partial charge in [-0.3, -0.25) is 14.2 Å². The number of nitrogens with one attached hydrogen (secondary N) is 2. The lowest BCUT2D eigenvalue weighted by atomic mass is 10.2. The molecule has 2 amide bonds. The van der Waals surface area contributed by atoms with Gasteiger partial charge in [0.15, 0.2) is 11.0 Å². The third-order valence-electron chi connectivity index (χ3n) is 5.11. The number of anilines is 1. The van der Waals surface area contributed by atoms with Crippen LogP contribution in [0.1, 0.15) is 21.1 Å². The molecule has 0 spiro atoms. The van der Waals surface area contributed by atoms with Crippen LogP contribution in [0, 0.1) is 6.92 Å². The molecule has 0 atom stereocenters. The lowest BCUT2D eigenvalue weighted by molar-refractivity contribution is -0.113. The minimum Gasteiger partial charge on any atom is -0.497 e. The summed E-state index contributed by atoms with van der Waals surface area (Å²) in [5.74, 6) is 1.39. The van der Waals surface area contributed by atoms with Crippen molar-refractivity contribution in [1.29, 1.82) is 0 Å². The predicted octanol–water partition coefficient (Wildman–Crippen LogP) is 4.32. The summed E-state index contributed by atoms with van der Waals surface area (Å²) in [6.07, 6.45) is 0. The van der Waals surface area contributed by atoms with E-state index < -0.39 is 0 Å². The Morgan fingerprint density at radius 1 is 1.06 bits per heavy atom. The van der Waals surface area contributed by atoms with E-state index in [0.29, 0.717) is 33.0 Å². The lowest BCUT2D eigenvalue weighted by Gasteiger charge is -2.15. The second kappa shape index (κ2) is 11.7. The zero-order chi connectivity index (χ0) is 25.5. The highest BCUT2D eigenvalue weighted by molar-refractivity contribution is 7.99. The number of benzene rings is 2. The average molecular weight is 524 g/mol. The van der Waals surface area contributed by atoms with Crippen molar-refractivity contribution in [3.63, 3.8) is 0 Å². The van der Waals surface area contributed by atoms with Crippen LogP contribution in [0.5, 0.6) is 11.5 Å². The van der Waals surface area contributed by atoms with E-state index in [1.54, 1.807) is 43.1 Å². The fourth-order valence-corrected chi connectivity index (χ4v) is 4.83. The van der Waals surface area contributed by atoms with Crippen molar-refractivity contribution in [3.8, 4) is 17.2 Å². The Morgan fingerprint density at radius 3 is 2.64 bits per heavy atom. The summed E-state index contributed by atoms with van der Waals surface area (Å²) < 4.78 is 12.7. The highest BCUT2D eigenvalue weighted by Crippen LogP contribution is 2.32. The molecular weight excluding hydrogens is 498 g/mol. The van der Waals surface area contributed by atoms with Crippen LogP contribution in [0.4, 0.5) is 5.69 Å². The maximum atomic E-state index is 12.6. The van der Waals surface area contributed by atoms with E-state index >= 15 is 0 Å². The number of amides is 2. The lowest BCUT2D eigenvalue weighted by Crippen LogP contribution is -2.24. The number of methoxy groups -OCH3 is 2. The van der Waals surface area contributed by atoms with Crippen LogP contribution >= 0.6 is 23.1 Å². The topological polar surface area (TPSA) is 107 Å². The van der Waals surface area contributed by atoms with Crippen LogP contribution in [0.3, 0.4) is 0 Å². The van der Waals surface area contributed by atoms with Gasteiger partial charge in [0.05, 0.1) is 37.1 Å². The molecule has 2 aromatic heterocycles. The predicted molar refractivity (Wildman–Crippen MR) is 140 cm³/mol. The average Bonchev–Trinajstić information content (AvgIpc) is 3.56. The zero-order valence-corrected chi connectivity index (χ0v) is 21.6. The van der Waals surface area contributed by atoms with Gasteiger partial charge in [-0.05, 0) is 48.2 Å². The SMILES string of the molecule is COc1ccc(OC)c(-n2c(CNC(=O)c3cccs3)nnc2SCC(=O)Nc2cccc(C)c2)c1. The molecule has 0 unspecified atom stereocenters. The van der Waals surface area contributed by atoms with Gasteiger partial charge in [-0.1, -0.05) is 30.0 Å². The number of hydrogen-bond donors (Lipinski definition) is 2. The van der Waals surface area contributed by atoms with E-state index in [1.165, 1.54) is 23.1 Å². The fourth-order valence-electron chi connectivity index (χ4n) is 3.43. The largest absolute Gasteiger partial charge is 0.497 e. The van der Waals surface area contributed by atoms with Gasteiger partial charge in [-0.15, -0.1) is 21.5 Å². The van der Waals surface area contributed by atoms with Crippen LogP contribution in [0.25, 0.3) is 5.69 Å². The first-order valence-electron chi connectivity index (χ1n) is 11.0. The molecular formula is C25H25N5O4S2. The maximum Gasteiger partial charge on any atom is 0.261 e. The first-order chi connectivity index (χ1) is 17.5. The standard InChI is InChI=1S/C25H25N5O4S2/c1-16-6-4-7-17(12-16)27-23(31)15-36-25-29-28-22(14-26-24(32)21-8-5-11-35-21)30(25)19-13-18(33-2)9-10-20(19)34-3/h4-13H,14-15H2,1-3H3,(H,26,32)(H,27,31). The van der Waals surface area contributed by atoms with Gasteiger partial charge in [0.25, 0.3) is 5.91 Å². The Hall–Kier alpha value is -3.83. The van der Waals surface area contributed by atoms with Crippen LogP contribution in [0.15, 0.2) is 65.1 Å². The summed E-state index contributed by atoms with van der Waals surface area (Å²) in [6.45, 7) is 2.09. The Bertz CT molecular complexity index is 1350. The van der Waals surface area contributed by atoms with E-state index in [4.69, 9.17) is 9.47 Å². The van der Waals surface area contributed by atoms with Gasteiger partial charge < -0.3 is 20.1 Å². The summed E-state index contributed by atoms with van der Waals surface area (Å²) in [4.78, 5) is 25.7. The molecule has 4 rings (SSSR count). The quantitative estimate of drug-likeness (QED) is 0.298. The van der Waals surface area contributed by atoms with Crippen molar-refractivity contribution in [2.75, 3.05) is 25.3 Å². The Morgan fingerprint density at radius 2 is 1.92 bits per heavy atom. The molecule has 0 aliphatic rings. The summed E-state index contributed by atoms with van der Waals surface area (Å²) >= 11 is 2.59. The van der Waals surface area contributed by atoms with Crippen LogP contribution in [-0.4, -0.2) is 46.6 Å². The normalized spacial score (nSPS) is 10.6. The summed E-state index contributed by atoms with van der Waals surface area (Å²) in [5, 5.41) is 16.7. The molecule has 0 bridgehead atoms. The molecule has 2 aromatic carbocycles. The van der Waals surface area contributed by atoms with Gasteiger partial charge in [-0.2, -0.15) is 0 Å². The number of hydrogen-bond acceptors (Lipinski definition) is 8. The first-order valence-corrected chi connectivity index (χ1v) is 12.8. The van der Waals surface area contributed by atoms with Crippen LogP contribution < -0.4 is 20.1 Å². The van der Waals surface area contributed by atoms with Gasteiger partial charge in [-0.25, -0.2) is 0 Å². The Balaban J connectivity index is 1.59. The minimum absolute atomic E-state index is 0.111. The number of rotatable bonds is 10. The van der Waals surface area contributed by atoms with E-state index in [2.05, 4.69) is 20.8 Å². The van der Waals surface area contributed by atoms with Crippen molar-refractivity contribution in [1.82, 2.24) is 20.1 Å². The van der Waals surface area contributed by atoms with Crippen molar-refractivity contribution < 1.29 is 19.1 Å². The second-order valence-electron chi connectivity index (χ2n) is 7.64. The molecule has 0 saturated heterocycles. The van der Waals surface area contributed by atoms with Gasteiger partial charge >= 0.3 is 0 Å². The molecule has 2 heterocycles. The smallest absolute Gasteiger partial charge is 0.261 e. The van der Waals surface area contributed by atoms with Crippen molar-refractivity contribution in [3.05, 3.63) is 76.2 Å². The number of thioether (sulfide) groups is 1. The van der Waals surface area contributed by atoms with Gasteiger partial charge in [0.2, 0.25) is 5.91 Å². The molecule has 0 saturated carbocycles. The monoisotopic (exact) mass is 523 g/mol. The zero-order valence-electron chi connectivity index (χ0n) is 20.0. The van der Waals surface area contributed by atoms with Crippen LogP contribution in [-0.2, 0) is 11.3 Å². The molecule has 36 heavy (non-hydrogen) atoms. The third kappa shape index (κ3) is 6.04. The highest BCUT2D eigenvalue weighted by Gasteiger charge is 2.20. The molecule has 2 N–H and O–H groups in total. The van der Waals surface area contributed by atoms with Gasteiger partial charge in [0.1, 0.15) is 11.5 Å². The number of aryl methyl sites for hydroxylation is 1. The molecule has 0 aliphatic carbocycles. The fraction of sp³-hybridized carbons (Fsp3) is 0.200. The van der Waals surface area contributed by atoms with Crippen LogP contribution in [0.2, 0.25) is 0 Å². The highest BCUT2D eigenvalue weighted by atomic mass is 32.2. The third-order valence-corrected chi connectivity index (χ3v) is 6.91. The second-order valence-corrected chi connectivity index (χ2v) is 9.53. The minimum atomic E-state index is -0.205. The van der Waals surface area contributed by atoms with E-state index in [9.17, 15) is 9.59 Å². The van der Waals surface area contributed by atoms with Crippen molar-refractivity contribution in [2.45, 2.75) is 18.6 Å². The molecule has 0 aliphatic heterocycles. The first kappa shape index (κ1) is 25.3. The van der Waals surface area contributed by atoms with E-state index in [0.717, 1.165) is 11.3 Å². The number of ether oxygens (including phenoxy) is 2. The maximum absolute atomic E-state index is 12.6. The van der Waals surface area contributed by atoms with E-state index in [1.807, 2.05) is 42.6 Å². The number of aromatic nitrogens is 3. The molecule has 11 heteroatoms. The number of carbonyl (C=O) groups is 2. The molecule has 0 fully saturated rings. The molecule has 9 nitrogen and oxygen atoms in total. The molecule has 186 valence electrons.